The molecule has 0 aliphatic rings. The van der Waals surface area contributed by atoms with Crippen LogP contribution < -0.4 is 5.43 Å². The third-order valence-corrected chi connectivity index (χ3v) is 3.68. The fourth-order valence-electron chi connectivity index (χ4n) is 1.96. The largest absolute Gasteiger partial charge is 0.360 e. The van der Waals surface area contributed by atoms with Crippen molar-refractivity contribution in [3.05, 3.63) is 58.3 Å². The molecule has 0 saturated carbocycles. The second-order valence-corrected chi connectivity index (χ2v) is 6.56. The molecule has 24 heavy (non-hydrogen) atoms. The number of carbonyl (C=O) groups excluding carboxylic acids is 1. The predicted molar refractivity (Wildman–Crippen MR) is 93.1 cm³/mol. The van der Waals surface area contributed by atoms with Gasteiger partial charge in [0, 0.05) is 11.5 Å². The highest BCUT2D eigenvalue weighted by Crippen LogP contribution is 2.23. The van der Waals surface area contributed by atoms with Crippen molar-refractivity contribution in [2.45, 2.75) is 40.0 Å². The van der Waals surface area contributed by atoms with Gasteiger partial charge in [-0.2, -0.15) is 0 Å². The fraction of sp³-hybridized carbons (Fsp3) is 0.333. The summed E-state index contributed by atoms with van der Waals surface area (Å²) in [7, 11) is 0. The van der Waals surface area contributed by atoms with Gasteiger partial charge in [0.1, 0.15) is 11.5 Å². The summed E-state index contributed by atoms with van der Waals surface area (Å²) in [6.07, 6.45) is 0. The first kappa shape index (κ1) is 17.4. The van der Waals surface area contributed by atoms with Crippen LogP contribution in [0.25, 0.3) is 4.85 Å². The second-order valence-electron chi connectivity index (χ2n) is 6.56. The van der Waals surface area contributed by atoms with Crippen LogP contribution in [0.15, 0.2) is 33.9 Å². The van der Waals surface area contributed by atoms with E-state index in [1.54, 1.807) is 6.07 Å². The Bertz CT molecular complexity index is 835. The quantitative estimate of drug-likeness (QED) is 0.302. The van der Waals surface area contributed by atoms with Crippen molar-refractivity contribution in [1.29, 1.82) is 0 Å². The zero-order valence-corrected chi connectivity index (χ0v) is 14.5. The van der Waals surface area contributed by atoms with Crippen molar-refractivity contribution in [3.63, 3.8) is 0 Å². The number of aromatic nitrogens is 1. The maximum absolute atomic E-state index is 12.4. The Labute approximate surface area is 141 Å². The Hall–Kier alpha value is -2.94. The summed E-state index contributed by atoms with van der Waals surface area (Å²) < 4.78 is 5.19. The number of ketones is 1. The number of aryl methyl sites for hydroxylation is 1. The molecule has 0 saturated heterocycles. The molecule has 0 aliphatic carbocycles. The Morgan fingerprint density at radius 3 is 2.62 bits per heavy atom. The predicted octanol–water partition coefficient (Wildman–Crippen LogP) is 4.12. The molecular formula is C18H20N4O2. The summed E-state index contributed by atoms with van der Waals surface area (Å²) in [4.78, 5) is 15.6. The molecule has 0 fully saturated rings. The van der Waals surface area contributed by atoms with Crippen LogP contribution in [0, 0.1) is 20.4 Å². The molecule has 6 heteroatoms. The Morgan fingerprint density at radius 1 is 1.33 bits per heavy atom. The van der Waals surface area contributed by atoms with Crippen molar-refractivity contribution >= 4 is 17.3 Å². The van der Waals surface area contributed by atoms with E-state index in [1.165, 1.54) is 0 Å². The number of nitrogens with one attached hydrogen (secondary N) is 1. The van der Waals surface area contributed by atoms with Gasteiger partial charge in [0.15, 0.2) is 0 Å². The number of hydrazone groups is 1. The maximum Gasteiger partial charge on any atom is 0.343 e. The molecule has 0 amide bonds. The number of amidine groups is 1. The zero-order chi connectivity index (χ0) is 17.9. The number of benzene rings is 1. The smallest absolute Gasteiger partial charge is 0.343 e. The molecule has 1 aromatic carbocycles. The lowest BCUT2D eigenvalue weighted by Gasteiger charge is -2.12. The molecule has 6 nitrogen and oxygen atoms in total. The highest BCUT2D eigenvalue weighted by Gasteiger charge is 2.24. The Morgan fingerprint density at radius 2 is 2.04 bits per heavy atom. The molecule has 0 aliphatic heterocycles. The summed E-state index contributed by atoms with van der Waals surface area (Å²) >= 11 is 0. The standard InChI is InChI=1S/C18H20N4O2/c1-11-8-7-9-13(12(11)2)20-21-17(19-6)16(23)14-10-15(24-22-14)18(3,4)5/h7-10,20H,1-5H3/b21-17+. The number of Topliss-reactive ketones (excluding diaryl/α,β-unsaturated/α-hetero) is 1. The molecule has 1 aromatic heterocycles. The molecule has 0 atom stereocenters. The van der Waals surface area contributed by atoms with E-state index in [-0.39, 0.29) is 16.9 Å². The monoisotopic (exact) mass is 324 g/mol. The number of nitrogens with zero attached hydrogens (tertiary/aromatic N) is 3. The first-order valence-corrected chi connectivity index (χ1v) is 7.53. The van der Waals surface area contributed by atoms with Gasteiger partial charge in [-0.25, -0.2) is 5.43 Å². The average Bonchev–Trinajstić information content (AvgIpc) is 3.01. The van der Waals surface area contributed by atoms with Crippen LogP contribution in [0.4, 0.5) is 5.69 Å². The summed E-state index contributed by atoms with van der Waals surface area (Å²) in [5.41, 5.74) is 5.46. The van der Waals surface area contributed by atoms with Gasteiger partial charge in [-0.3, -0.25) is 4.79 Å². The van der Waals surface area contributed by atoms with Gasteiger partial charge in [0.05, 0.1) is 5.69 Å². The SMILES string of the molecule is [C-]#[N+]/C(=N/Nc1cccc(C)c1C)C(=O)c1cc(C(C)(C)C)on1. The lowest BCUT2D eigenvalue weighted by atomic mass is 9.93. The molecule has 1 N–H and O–H groups in total. The number of rotatable bonds is 4. The van der Waals surface area contributed by atoms with Crippen LogP contribution >= 0.6 is 0 Å². The molecule has 2 aromatic rings. The summed E-state index contributed by atoms with van der Waals surface area (Å²) in [6.45, 7) is 17.0. The van der Waals surface area contributed by atoms with E-state index in [0.29, 0.717) is 5.76 Å². The molecule has 124 valence electrons. The van der Waals surface area contributed by atoms with Crippen molar-refractivity contribution < 1.29 is 9.32 Å². The number of anilines is 1. The van der Waals surface area contributed by atoms with Crippen molar-refractivity contribution in [1.82, 2.24) is 5.16 Å². The molecule has 1 heterocycles. The minimum atomic E-state index is -0.568. The van der Waals surface area contributed by atoms with Gasteiger partial charge in [0.25, 0.3) is 0 Å². The van der Waals surface area contributed by atoms with Crippen LogP contribution in [0.1, 0.15) is 48.1 Å². The third kappa shape index (κ3) is 3.69. The third-order valence-electron chi connectivity index (χ3n) is 3.68. The second kappa shape index (κ2) is 6.67. The lowest BCUT2D eigenvalue weighted by molar-refractivity contribution is 0.105. The molecule has 0 bridgehead atoms. The molecule has 2 rings (SSSR count). The van der Waals surface area contributed by atoms with E-state index in [2.05, 4.69) is 20.5 Å². The van der Waals surface area contributed by atoms with E-state index in [0.717, 1.165) is 16.8 Å². The van der Waals surface area contributed by atoms with Crippen LogP contribution in [0.2, 0.25) is 0 Å². The Balaban J connectivity index is 2.25. The fourth-order valence-corrected chi connectivity index (χ4v) is 1.96. The molecule has 0 unspecified atom stereocenters. The zero-order valence-electron chi connectivity index (χ0n) is 14.5. The minimum absolute atomic E-state index is 0.0810. The van der Waals surface area contributed by atoms with Crippen LogP contribution in [-0.2, 0) is 5.41 Å². The average molecular weight is 324 g/mol. The summed E-state index contributed by atoms with van der Waals surface area (Å²) in [6, 6.07) is 7.26. The van der Waals surface area contributed by atoms with E-state index in [4.69, 9.17) is 11.1 Å². The van der Waals surface area contributed by atoms with E-state index in [9.17, 15) is 4.79 Å². The van der Waals surface area contributed by atoms with Gasteiger partial charge in [0.2, 0.25) is 5.78 Å². The van der Waals surface area contributed by atoms with Gasteiger partial charge in [-0.15, -0.1) is 0 Å². The summed E-state index contributed by atoms with van der Waals surface area (Å²) in [5.74, 6) is -0.274. The first-order chi connectivity index (χ1) is 11.2. The van der Waals surface area contributed by atoms with Crippen molar-refractivity contribution in [2.24, 2.45) is 5.10 Å². The van der Waals surface area contributed by atoms with Gasteiger partial charge >= 0.3 is 5.84 Å². The summed E-state index contributed by atoms with van der Waals surface area (Å²) in [5, 5.41) is 7.71. The first-order valence-electron chi connectivity index (χ1n) is 7.53. The molecule has 0 spiro atoms. The van der Waals surface area contributed by atoms with Crippen LogP contribution in [-0.4, -0.2) is 16.8 Å². The van der Waals surface area contributed by atoms with E-state index < -0.39 is 5.78 Å². The number of hydrogen-bond acceptors (Lipinski definition) is 5. The topological polar surface area (TPSA) is 71.8 Å². The normalized spacial score (nSPS) is 11.9. The minimum Gasteiger partial charge on any atom is -0.360 e. The van der Waals surface area contributed by atoms with Crippen LogP contribution in [0.5, 0.6) is 0 Å². The van der Waals surface area contributed by atoms with E-state index >= 15 is 0 Å². The highest BCUT2D eigenvalue weighted by molar-refractivity contribution is 6.48. The van der Waals surface area contributed by atoms with Crippen LogP contribution in [0.3, 0.4) is 0 Å². The molecule has 0 radical (unpaired) electrons. The van der Waals surface area contributed by atoms with Crippen molar-refractivity contribution in [2.75, 3.05) is 5.43 Å². The van der Waals surface area contributed by atoms with Gasteiger partial charge in [-0.05, 0) is 36.1 Å². The number of carbonyl (C=O) groups is 1. The molecular weight excluding hydrogens is 304 g/mol. The lowest BCUT2D eigenvalue weighted by Crippen LogP contribution is -2.13. The number of hydrogen-bond donors (Lipinski definition) is 1. The van der Waals surface area contributed by atoms with E-state index in [1.807, 2.05) is 52.8 Å². The van der Waals surface area contributed by atoms with Crippen molar-refractivity contribution in [3.8, 4) is 0 Å². The maximum atomic E-state index is 12.4. The van der Waals surface area contributed by atoms with Gasteiger partial charge < -0.3 is 9.37 Å². The van der Waals surface area contributed by atoms with Gasteiger partial charge in [-0.1, -0.05) is 44.6 Å². The highest BCUT2D eigenvalue weighted by atomic mass is 16.5. The Kier molecular flexibility index (Phi) is 4.84.